The average Bonchev–Trinajstić information content (AvgIpc) is 3.31. The Bertz CT molecular complexity index is 707. The minimum Gasteiger partial charge on any atom is -0.393 e. The number of H-pyrrole nitrogens is 1. The molecule has 25 heavy (non-hydrogen) atoms. The molecular weight excluding hydrogens is 318 g/mol. The van der Waals surface area contributed by atoms with Gasteiger partial charge in [-0.25, -0.2) is 9.78 Å². The fraction of sp³-hybridized carbons (Fsp3) is 0.500. The quantitative estimate of drug-likeness (QED) is 0.620. The van der Waals surface area contributed by atoms with Gasteiger partial charge in [-0.3, -0.25) is 5.10 Å². The Balaban J connectivity index is 1.50. The third kappa shape index (κ3) is 5.03. The number of hydrogen-bond acceptors (Lipinski definition) is 4. The molecule has 7 nitrogen and oxygen atoms in total. The number of amides is 2. The van der Waals surface area contributed by atoms with E-state index < -0.39 is 0 Å². The van der Waals surface area contributed by atoms with Crippen LogP contribution in [0.1, 0.15) is 44.9 Å². The highest BCUT2D eigenvalue weighted by atomic mass is 16.3. The van der Waals surface area contributed by atoms with Crippen molar-refractivity contribution in [3.8, 4) is 11.4 Å². The van der Waals surface area contributed by atoms with Gasteiger partial charge in [0.15, 0.2) is 5.82 Å². The van der Waals surface area contributed by atoms with Crippen molar-refractivity contribution in [1.82, 2.24) is 20.5 Å². The first-order valence-corrected chi connectivity index (χ1v) is 8.77. The van der Waals surface area contributed by atoms with Crippen LogP contribution in [-0.2, 0) is 0 Å². The molecule has 0 unspecified atom stereocenters. The summed E-state index contributed by atoms with van der Waals surface area (Å²) >= 11 is 0. The van der Waals surface area contributed by atoms with E-state index >= 15 is 0 Å². The van der Waals surface area contributed by atoms with Crippen LogP contribution >= 0.6 is 0 Å². The molecule has 1 heterocycles. The summed E-state index contributed by atoms with van der Waals surface area (Å²) in [6.45, 7) is 4.27. The summed E-state index contributed by atoms with van der Waals surface area (Å²) in [4.78, 5) is 16.4. The molecule has 1 aliphatic rings. The fourth-order valence-corrected chi connectivity index (χ4v) is 2.75. The molecule has 2 aromatic rings. The highest BCUT2D eigenvalue weighted by Gasteiger charge is 2.27. The minimum atomic E-state index is -0.358. The first-order chi connectivity index (χ1) is 12.0. The lowest BCUT2D eigenvalue weighted by Gasteiger charge is -2.14. The van der Waals surface area contributed by atoms with E-state index in [2.05, 4.69) is 25.8 Å². The van der Waals surface area contributed by atoms with E-state index in [0.717, 1.165) is 11.4 Å². The van der Waals surface area contributed by atoms with E-state index in [0.29, 0.717) is 30.4 Å². The molecule has 1 fully saturated rings. The molecule has 134 valence electrons. The number of aromatic amines is 1. The van der Waals surface area contributed by atoms with Crippen molar-refractivity contribution >= 4 is 11.7 Å². The average molecular weight is 343 g/mol. The van der Waals surface area contributed by atoms with Gasteiger partial charge in [-0.15, -0.1) is 0 Å². The zero-order valence-electron chi connectivity index (χ0n) is 14.6. The van der Waals surface area contributed by atoms with Gasteiger partial charge in [0.2, 0.25) is 0 Å². The van der Waals surface area contributed by atoms with Crippen LogP contribution in [0, 0.1) is 5.92 Å². The van der Waals surface area contributed by atoms with Crippen LogP contribution in [0.4, 0.5) is 10.5 Å². The maximum Gasteiger partial charge on any atom is 0.319 e. The lowest BCUT2D eigenvalue weighted by Crippen LogP contribution is -2.33. The third-order valence-corrected chi connectivity index (χ3v) is 4.22. The summed E-state index contributed by atoms with van der Waals surface area (Å²) in [6, 6.07) is 7.21. The third-order valence-electron chi connectivity index (χ3n) is 4.22. The Morgan fingerprint density at radius 3 is 2.68 bits per heavy atom. The Labute approximate surface area is 147 Å². The zero-order valence-corrected chi connectivity index (χ0v) is 14.6. The number of hydrogen-bond donors (Lipinski definition) is 4. The molecule has 2 atom stereocenters. The summed E-state index contributed by atoms with van der Waals surface area (Å²) in [5, 5.41) is 22.2. The maximum atomic E-state index is 11.9. The second kappa shape index (κ2) is 7.65. The van der Waals surface area contributed by atoms with E-state index in [1.165, 1.54) is 12.8 Å². The van der Waals surface area contributed by atoms with Crippen LogP contribution in [0.3, 0.4) is 0 Å². The van der Waals surface area contributed by atoms with Gasteiger partial charge >= 0.3 is 6.03 Å². The fourth-order valence-electron chi connectivity index (χ4n) is 2.75. The second-order valence-electron chi connectivity index (χ2n) is 6.92. The molecule has 1 aliphatic carbocycles. The molecular formula is C18H25N5O2. The first-order valence-electron chi connectivity index (χ1n) is 8.77. The standard InChI is InChI=1S/C18H25N5O2/c1-11(9-12(2)24)10-19-18(25)20-15-7-5-14(6-8-15)17-21-16(22-23-17)13-3-4-13/h5-8,11-13,24H,3-4,9-10H2,1-2H3,(H2,19,20,25)(H,21,22,23)/t11-,12+/m1/s1. The van der Waals surface area contributed by atoms with Crippen LogP contribution in [0.5, 0.6) is 0 Å². The molecule has 2 amide bonds. The molecule has 0 spiro atoms. The highest BCUT2D eigenvalue weighted by Crippen LogP contribution is 2.38. The summed E-state index contributed by atoms with van der Waals surface area (Å²) in [5.41, 5.74) is 1.63. The monoisotopic (exact) mass is 343 g/mol. The van der Waals surface area contributed by atoms with E-state index in [1.807, 2.05) is 31.2 Å². The smallest absolute Gasteiger partial charge is 0.319 e. The van der Waals surface area contributed by atoms with Crippen LogP contribution in [0.2, 0.25) is 0 Å². The van der Waals surface area contributed by atoms with Gasteiger partial charge in [0.25, 0.3) is 0 Å². The molecule has 1 aromatic carbocycles. The molecule has 0 saturated heterocycles. The minimum absolute atomic E-state index is 0.222. The lowest BCUT2D eigenvalue weighted by atomic mass is 10.1. The summed E-state index contributed by atoms with van der Waals surface area (Å²) in [5.74, 6) is 2.41. The van der Waals surface area contributed by atoms with E-state index in [4.69, 9.17) is 0 Å². The van der Waals surface area contributed by atoms with Gasteiger partial charge in [0.05, 0.1) is 6.10 Å². The van der Waals surface area contributed by atoms with Gasteiger partial charge in [-0.1, -0.05) is 6.92 Å². The number of nitrogens with zero attached hydrogens (tertiary/aromatic N) is 2. The number of anilines is 1. The van der Waals surface area contributed by atoms with Gasteiger partial charge in [0.1, 0.15) is 5.82 Å². The molecule has 0 radical (unpaired) electrons. The summed E-state index contributed by atoms with van der Waals surface area (Å²) < 4.78 is 0. The number of carbonyl (C=O) groups excluding carboxylic acids is 1. The van der Waals surface area contributed by atoms with Crippen molar-refractivity contribution in [1.29, 1.82) is 0 Å². The molecule has 0 bridgehead atoms. The first kappa shape index (κ1) is 17.4. The molecule has 0 aliphatic heterocycles. The van der Waals surface area contributed by atoms with Gasteiger partial charge in [-0.05, 0) is 56.4 Å². The number of carbonyl (C=O) groups is 1. The number of aromatic nitrogens is 3. The summed E-state index contributed by atoms with van der Waals surface area (Å²) in [7, 11) is 0. The van der Waals surface area contributed by atoms with Crippen LogP contribution in [0.25, 0.3) is 11.4 Å². The van der Waals surface area contributed by atoms with Crippen LogP contribution in [-0.4, -0.2) is 39.0 Å². The lowest BCUT2D eigenvalue weighted by molar-refractivity contribution is 0.163. The van der Waals surface area contributed by atoms with Crippen molar-refractivity contribution < 1.29 is 9.90 Å². The van der Waals surface area contributed by atoms with Crippen LogP contribution < -0.4 is 10.6 Å². The van der Waals surface area contributed by atoms with Crippen LogP contribution in [0.15, 0.2) is 24.3 Å². The number of urea groups is 1. The molecule has 4 N–H and O–H groups in total. The van der Waals surface area contributed by atoms with Crippen molar-refractivity contribution in [3.05, 3.63) is 30.1 Å². The van der Waals surface area contributed by atoms with E-state index in [9.17, 15) is 9.90 Å². The largest absolute Gasteiger partial charge is 0.393 e. The number of aliphatic hydroxyl groups excluding tert-OH is 1. The highest BCUT2D eigenvalue weighted by molar-refractivity contribution is 5.89. The molecule has 7 heteroatoms. The summed E-state index contributed by atoms with van der Waals surface area (Å²) in [6.07, 6.45) is 2.67. The van der Waals surface area contributed by atoms with E-state index in [1.54, 1.807) is 6.92 Å². The van der Waals surface area contributed by atoms with E-state index in [-0.39, 0.29) is 18.1 Å². The Hall–Kier alpha value is -2.41. The van der Waals surface area contributed by atoms with Gasteiger partial charge < -0.3 is 15.7 Å². The molecule has 1 aromatic heterocycles. The number of nitrogens with one attached hydrogen (secondary N) is 3. The molecule has 1 saturated carbocycles. The predicted molar refractivity (Wildman–Crippen MR) is 96.3 cm³/mol. The molecule has 3 rings (SSSR count). The normalized spacial score (nSPS) is 16.3. The van der Waals surface area contributed by atoms with Crippen molar-refractivity contribution in [3.63, 3.8) is 0 Å². The predicted octanol–water partition coefficient (Wildman–Crippen LogP) is 2.88. The number of rotatable bonds is 7. The van der Waals surface area contributed by atoms with Crippen molar-refractivity contribution in [2.24, 2.45) is 5.92 Å². The van der Waals surface area contributed by atoms with Crippen molar-refractivity contribution in [2.75, 3.05) is 11.9 Å². The topological polar surface area (TPSA) is 103 Å². The van der Waals surface area contributed by atoms with Gasteiger partial charge in [0, 0.05) is 23.7 Å². The Morgan fingerprint density at radius 2 is 2.04 bits per heavy atom. The second-order valence-corrected chi connectivity index (χ2v) is 6.92. The Kier molecular flexibility index (Phi) is 5.33. The number of benzene rings is 1. The maximum absolute atomic E-state index is 11.9. The Morgan fingerprint density at radius 1 is 1.32 bits per heavy atom. The zero-order chi connectivity index (χ0) is 17.8. The van der Waals surface area contributed by atoms with Gasteiger partial charge in [-0.2, -0.15) is 5.10 Å². The SMILES string of the molecule is C[C@@H](CNC(=O)Nc1ccc(-c2n[nH]c(C3CC3)n2)cc1)C[C@H](C)O. The number of aliphatic hydroxyl groups is 1. The van der Waals surface area contributed by atoms with Crippen molar-refractivity contribution in [2.45, 2.75) is 45.1 Å².